The van der Waals surface area contributed by atoms with Crippen LogP contribution in [-0.4, -0.2) is 36.8 Å². The Balaban J connectivity index is 2.03. The number of nitrogens with one attached hydrogen (secondary N) is 1. The molecule has 1 aliphatic heterocycles. The maximum absolute atomic E-state index is 11.3. The minimum Gasteiger partial charge on any atom is -0.372 e. The second-order valence-corrected chi connectivity index (χ2v) is 5.60. The number of hydrogen-bond donors (Lipinski definition) is 1. The summed E-state index contributed by atoms with van der Waals surface area (Å²) in [6.07, 6.45) is 2.26. The van der Waals surface area contributed by atoms with Gasteiger partial charge in [-0.2, -0.15) is 0 Å². The lowest BCUT2D eigenvalue weighted by Gasteiger charge is -2.36. The number of ether oxygens (including phenoxy) is 1. The van der Waals surface area contributed by atoms with Crippen LogP contribution < -0.4 is 10.2 Å². The normalized spacial score (nSPS) is 23.2. The third-order valence-electron chi connectivity index (χ3n) is 3.08. The van der Waals surface area contributed by atoms with Crippen LogP contribution >= 0.6 is 11.8 Å². The van der Waals surface area contributed by atoms with E-state index in [0.29, 0.717) is 0 Å². The first-order valence-corrected chi connectivity index (χ1v) is 7.66. The Morgan fingerprint density at radius 1 is 1.26 bits per heavy atom. The molecule has 0 spiro atoms. The number of anilines is 2. The molecule has 5 heteroatoms. The Morgan fingerprint density at radius 3 is 2.37 bits per heavy atom. The molecule has 0 saturated carbocycles. The van der Waals surface area contributed by atoms with Crippen molar-refractivity contribution in [3.63, 3.8) is 0 Å². The van der Waals surface area contributed by atoms with E-state index in [-0.39, 0.29) is 17.4 Å². The van der Waals surface area contributed by atoms with E-state index >= 15 is 0 Å². The van der Waals surface area contributed by atoms with Gasteiger partial charge in [0.05, 0.1) is 12.2 Å². The van der Waals surface area contributed by atoms with Crippen LogP contribution in [0.3, 0.4) is 0 Å². The molecule has 2 rings (SSSR count). The highest BCUT2D eigenvalue weighted by Crippen LogP contribution is 2.22. The maximum atomic E-state index is 11.3. The summed E-state index contributed by atoms with van der Waals surface area (Å²) in [6.45, 7) is 5.99. The smallest absolute Gasteiger partial charge is 0.283 e. The van der Waals surface area contributed by atoms with Crippen molar-refractivity contribution >= 4 is 28.4 Å². The number of hydrogen-bond acceptors (Lipinski definition) is 4. The first kappa shape index (κ1) is 14.2. The quantitative estimate of drug-likeness (QED) is 0.903. The lowest BCUT2D eigenvalue weighted by Crippen LogP contribution is -2.45. The van der Waals surface area contributed by atoms with Gasteiger partial charge in [-0.15, -0.1) is 0 Å². The van der Waals surface area contributed by atoms with Gasteiger partial charge in [0.15, 0.2) is 0 Å². The van der Waals surface area contributed by atoms with Crippen LogP contribution in [0.5, 0.6) is 0 Å². The number of carbonyl (C=O) groups excluding carboxylic acids is 1. The van der Waals surface area contributed by atoms with Gasteiger partial charge in [-0.3, -0.25) is 4.79 Å². The molecule has 2 atom stereocenters. The number of thioether (sulfide) groups is 1. The van der Waals surface area contributed by atoms with Gasteiger partial charge in [0.1, 0.15) is 0 Å². The average molecular weight is 280 g/mol. The maximum Gasteiger partial charge on any atom is 0.283 e. The van der Waals surface area contributed by atoms with Crippen LogP contribution in [0, 0.1) is 0 Å². The van der Waals surface area contributed by atoms with Gasteiger partial charge in [0, 0.05) is 24.5 Å². The number of nitrogens with zero attached hydrogens (tertiary/aromatic N) is 1. The summed E-state index contributed by atoms with van der Waals surface area (Å²) in [5.74, 6) is 0. The van der Waals surface area contributed by atoms with Gasteiger partial charge in [0.2, 0.25) is 0 Å². The van der Waals surface area contributed by atoms with Crippen LogP contribution in [-0.2, 0) is 4.74 Å². The lowest BCUT2D eigenvalue weighted by molar-refractivity contribution is -0.00521. The predicted octanol–water partition coefficient (Wildman–Crippen LogP) is 3.20. The topological polar surface area (TPSA) is 41.6 Å². The molecule has 1 N–H and O–H groups in total. The second-order valence-electron chi connectivity index (χ2n) is 4.83. The second kappa shape index (κ2) is 6.30. The molecule has 0 radical (unpaired) electrons. The molecule has 1 aliphatic rings. The number of rotatable bonds is 2. The number of benzene rings is 1. The Labute approximate surface area is 118 Å². The summed E-state index contributed by atoms with van der Waals surface area (Å²) in [5, 5.41) is 2.78. The molecule has 19 heavy (non-hydrogen) atoms. The highest BCUT2D eigenvalue weighted by Gasteiger charge is 2.22. The summed E-state index contributed by atoms with van der Waals surface area (Å²) in [7, 11) is 0. The van der Waals surface area contributed by atoms with Crippen LogP contribution in [0.2, 0.25) is 0 Å². The molecule has 0 aliphatic carbocycles. The Morgan fingerprint density at radius 2 is 1.84 bits per heavy atom. The molecule has 1 heterocycles. The zero-order chi connectivity index (χ0) is 13.8. The van der Waals surface area contributed by atoms with Crippen LogP contribution in [0.1, 0.15) is 13.8 Å². The zero-order valence-electron chi connectivity index (χ0n) is 11.6. The molecule has 1 aromatic rings. The van der Waals surface area contributed by atoms with Crippen molar-refractivity contribution in [2.24, 2.45) is 0 Å². The number of carbonyl (C=O) groups is 1. The molecule has 1 fully saturated rings. The summed E-state index contributed by atoms with van der Waals surface area (Å²) in [6, 6.07) is 7.96. The summed E-state index contributed by atoms with van der Waals surface area (Å²) >= 11 is 1.18. The summed E-state index contributed by atoms with van der Waals surface area (Å²) in [4.78, 5) is 13.6. The molecular formula is C14H20N2O2S. The lowest BCUT2D eigenvalue weighted by atomic mass is 10.2. The van der Waals surface area contributed by atoms with Crippen molar-refractivity contribution in [1.82, 2.24) is 0 Å². The van der Waals surface area contributed by atoms with Crippen LogP contribution in [0.4, 0.5) is 16.2 Å². The molecule has 2 unspecified atom stereocenters. The molecule has 0 aromatic heterocycles. The number of amides is 1. The highest BCUT2D eigenvalue weighted by molar-refractivity contribution is 8.13. The van der Waals surface area contributed by atoms with Gasteiger partial charge in [-0.1, -0.05) is 11.8 Å². The minimum atomic E-state index is -0.0404. The first-order valence-electron chi connectivity index (χ1n) is 6.44. The fraction of sp³-hybridized carbons (Fsp3) is 0.500. The van der Waals surface area contributed by atoms with E-state index in [9.17, 15) is 4.79 Å². The molecule has 0 bridgehead atoms. The standard InChI is InChI=1S/C14H20N2O2S/c1-10-8-16(9-11(2)18-10)13-6-4-12(5-7-13)15-14(17)19-3/h4-7,10-11H,8-9H2,1-3H3,(H,15,17). The molecule has 1 amide bonds. The largest absolute Gasteiger partial charge is 0.372 e. The fourth-order valence-corrected chi connectivity index (χ4v) is 2.53. The van der Waals surface area contributed by atoms with Crippen molar-refractivity contribution in [2.75, 3.05) is 29.6 Å². The van der Waals surface area contributed by atoms with E-state index in [2.05, 4.69) is 24.1 Å². The van der Waals surface area contributed by atoms with Crippen molar-refractivity contribution in [3.05, 3.63) is 24.3 Å². The third-order valence-corrected chi connectivity index (χ3v) is 3.56. The number of morpholine rings is 1. The van der Waals surface area contributed by atoms with E-state index in [1.807, 2.05) is 24.3 Å². The summed E-state index contributed by atoms with van der Waals surface area (Å²) < 4.78 is 5.73. The third kappa shape index (κ3) is 3.88. The van der Waals surface area contributed by atoms with E-state index in [0.717, 1.165) is 18.8 Å². The Bertz CT molecular complexity index is 426. The SMILES string of the molecule is CSC(=O)Nc1ccc(N2CC(C)OC(C)C2)cc1. The van der Waals surface area contributed by atoms with Gasteiger partial charge >= 0.3 is 0 Å². The van der Waals surface area contributed by atoms with E-state index in [1.165, 1.54) is 17.4 Å². The van der Waals surface area contributed by atoms with E-state index in [1.54, 1.807) is 6.26 Å². The first-order chi connectivity index (χ1) is 9.08. The van der Waals surface area contributed by atoms with Gasteiger partial charge in [-0.25, -0.2) is 0 Å². The zero-order valence-corrected chi connectivity index (χ0v) is 12.4. The predicted molar refractivity (Wildman–Crippen MR) is 81.2 cm³/mol. The monoisotopic (exact) mass is 280 g/mol. The van der Waals surface area contributed by atoms with Crippen molar-refractivity contribution in [1.29, 1.82) is 0 Å². The van der Waals surface area contributed by atoms with Gasteiger partial charge in [-0.05, 0) is 44.4 Å². The van der Waals surface area contributed by atoms with E-state index in [4.69, 9.17) is 4.74 Å². The molecule has 4 nitrogen and oxygen atoms in total. The molecular weight excluding hydrogens is 260 g/mol. The Kier molecular flexibility index (Phi) is 4.71. The fourth-order valence-electron chi connectivity index (χ4n) is 2.31. The van der Waals surface area contributed by atoms with Crippen molar-refractivity contribution < 1.29 is 9.53 Å². The highest BCUT2D eigenvalue weighted by atomic mass is 32.2. The van der Waals surface area contributed by atoms with Gasteiger partial charge < -0.3 is 15.0 Å². The average Bonchev–Trinajstić information content (AvgIpc) is 2.38. The molecule has 1 saturated heterocycles. The Hall–Kier alpha value is -1.20. The molecule has 1 aromatic carbocycles. The van der Waals surface area contributed by atoms with E-state index < -0.39 is 0 Å². The van der Waals surface area contributed by atoms with Crippen molar-refractivity contribution in [2.45, 2.75) is 26.1 Å². The van der Waals surface area contributed by atoms with Crippen LogP contribution in [0.15, 0.2) is 24.3 Å². The van der Waals surface area contributed by atoms with Crippen LogP contribution in [0.25, 0.3) is 0 Å². The minimum absolute atomic E-state index is 0.0404. The van der Waals surface area contributed by atoms with Gasteiger partial charge in [0.25, 0.3) is 5.24 Å². The molecule has 104 valence electrons. The van der Waals surface area contributed by atoms with Crippen molar-refractivity contribution in [3.8, 4) is 0 Å². The summed E-state index contributed by atoms with van der Waals surface area (Å²) in [5.41, 5.74) is 2.00.